The molecule has 0 radical (unpaired) electrons. The molecule has 1 rings (SSSR count). The summed E-state index contributed by atoms with van der Waals surface area (Å²) in [6, 6.07) is 0. The van der Waals surface area contributed by atoms with Gasteiger partial charge in [0.1, 0.15) is 18.1 Å². The van der Waals surface area contributed by atoms with Gasteiger partial charge in [-0.05, 0) is 13.3 Å². The van der Waals surface area contributed by atoms with E-state index in [1.807, 2.05) is 14.1 Å². The number of carbonyl (C=O) groups excluding carboxylic acids is 1. The summed E-state index contributed by atoms with van der Waals surface area (Å²) in [4.78, 5) is 23.9. The van der Waals surface area contributed by atoms with Crippen molar-refractivity contribution in [2.45, 2.75) is 136 Å². The van der Waals surface area contributed by atoms with Crippen LogP contribution >= 0.6 is 7.82 Å². The molecule has 0 aromatic rings. The van der Waals surface area contributed by atoms with Gasteiger partial charge in [0.25, 0.3) is 0 Å². The van der Waals surface area contributed by atoms with Crippen LogP contribution < -0.4 is 4.89 Å². The minimum Gasteiger partial charge on any atom is -0.746 e. The van der Waals surface area contributed by atoms with Gasteiger partial charge in [0.2, 0.25) is 0 Å². The smallest absolute Gasteiger partial charge is 0.319 e. The van der Waals surface area contributed by atoms with Gasteiger partial charge in [-0.1, -0.05) is 90.4 Å². The van der Waals surface area contributed by atoms with Crippen LogP contribution in [0.4, 0.5) is 0 Å². The highest BCUT2D eigenvalue weighted by atomic mass is 31.2. The fourth-order valence-electron chi connectivity index (χ4n) is 4.80. The van der Waals surface area contributed by atoms with E-state index in [1.54, 1.807) is 6.92 Å². The first-order chi connectivity index (χ1) is 18.1. The Morgan fingerprint density at radius 1 is 0.974 bits per heavy atom. The monoisotopic (exact) mass is 561 g/mol. The van der Waals surface area contributed by atoms with Gasteiger partial charge in [-0.15, -0.1) is 0 Å². The molecule has 1 aliphatic heterocycles. The maximum absolute atomic E-state index is 12.4. The Kier molecular flexibility index (Phi) is 18.5. The van der Waals surface area contributed by atoms with Crippen molar-refractivity contribution in [3.05, 3.63) is 12.0 Å². The molecule has 0 N–H and O–H groups in total. The summed E-state index contributed by atoms with van der Waals surface area (Å²) in [6.45, 7) is 6.62. The van der Waals surface area contributed by atoms with Crippen LogP contribution in [0.25, 0.3) is 0 Å². The fourth-order valence-corrected chi connectivity index (χ4v) is 5.65. The van der Waals surface area contributed by atoms with Crippen LogP contribution in [0.5, 0.6) is 0 Å². The third-order valence-corrected chi connectivity index (χ3v) is 8.26. The number of nitrogens with zero attached hydrogens (tertiary/aromatic N) is 1. The molecule has 0 amide bonds. The van der Waals surface area contributed by atoms with Gasteiger partial charge in [-0.3, -0.25) is 13.8 Å². The zero-order valence-corrected chi connectivity index (χ0v) is 25.8. The first-order valence-corrected chi connectivity index (χ1v) is 16.5. The average molecular weight is 562 g/mol. The number of quaternary nitrogens is 1. The van der Waals surface area contributed by atoms with Crippen LogP contribution in [0.3, 0.4) is 0 Å². The van der Waals surface area contributed by atoms with Gasteiger partial charge < -0.3 is 23.4 Å². The standard InChI is InChI=1S/C29H56NO7P/c1-6-7-8-9-10-11-12-13-14-15-16-17-18-19-23-34-25-29(36-27(3)31)26(2)37-38(32,33)35-24-28-21-20-22-30(28,4)5/h24,26,29H,6-23,25H2,1-5H3. The van der Waals surface area contributed by atoms with Crippen LogP contribution in [0.15, 0.2) is 12.0 Å². The van der Waals surface area contributed by atoms with E-state index in [4.69, 9.17) is 18.5 Å². The molecule has 224 valence electrons. The van der Waals surface area contributed by atoms with E-state index in [9.17, 15) is 14.3 Å². The SMILES string of the molecule is CCCCCCCCCCCCCCCCOCC(OC(C)=O)C(C)OP(=O)([O-])OC=C1CCC[N+]1(C)C. The molecule has 3 atom stereocenters. The summed E-state index contributed by atoms with van der Waals surface area (Å²) >= 11 is 0. The maximum Gasteiger partial charge on any atom is 0.319 e. The second-order valence-corrected chi connectivity index (χ2v) is 12.6. The van der Waals surface area contributed by atoms with Crippen LogP contribution in [0.2, 0.25) is 0 Å². The van der Waals surface area contributed by atoms with E-state index < -0.39 is 26.0 Å². The third-order valence-electron chi connectivity index (χ3n) is 7.31. The predicted octanol–water partition coefficient (Wildman–Crippen LogP) is 7.02. The molecule has 38 heavy (non-hydrogen) atoms. The average Bonchev–Trinajstić information content (AvgIpc) is 3.19. The molecule has 0 aromatic heterocycles. The van der Waals surface area contributed by atoms with Crippen molar-refractivity contribution in [2.24, 2.45) is 0 Å². The Morgan fingerprint density at radius 3 is 1.97 bits per heavy atom. The highest BCUT2D eigenvalue weighted by Gasteiger charge is 2.31. The summed E-state index contributed by atoms with van der Waals surface area (Å²) in [7, 11) is -0.599. The molecule has 9 heteroatoms. The lowest BCUT2D eigenvalue weighted by molar-refractivity contribution is -0.843. The van der Waals surface area contributed by atoms with Gasteiger partial charge in [0.15, 0.2) is 6.10 Å². The summed E-state index contributed by atoms with van der Waals surface area (Å²) in [5.74, 6) is -0.515. The largest absolute Gasteiger partial charge is 0.746 e. The summed E-state index contributed by atoms with van der Waals surface area (Å²) in [5.41, 5.74) is 0.894. The van der Waals surface area contributed by atoms with Crippen LogP contribution in [-0.2, 0) is 27.9 Å². The minimum atomic E-state index is -4.61. The van der Waals surface area contributed by atoms with Crippen LogP contribution in [0.1, 0.15) is 124 Å². The second-order valence-electron chi connectivity index (χ2n) is 11.3. The van der Waals surface area contributed by atoms with Crippen molar-refractivity contribution in [2.75, 3.05) is 33.9 Å². The molecular formula is C29H56NO7P. The van der Waals surface area contributed by atoms with Gasteiger partial charge in [-0.25, -0.2) is 0 Å². The Balaban J connectivity index is 2.18. The number of phosphoric acid groups is 1. The normalized spacial score (nSPS) is 19.3. The van der Waals surface area contributed by atoms with E-state index in [1.165, 1.54) is 90.2 Å². The van der Waals surface area contributed by atoms with Gasteiger partial charge >= 0.3 is 13.8 Å². The number of hydrogen-bond acceptors (Lipinski definition) is 7. The van der Waals surface area contributed by atoms with E-state index in [0.29, 0.717) is 11.1 Å². The van der Waals surface area contributed by atoms with Crippen molar-refractivity contribution in [3.63, 3.8) is 0 Å². The molecule has 1 saturated heterocycles. The zero-order chi connectivity index (χ0) is 28.3. The lowest BCUT2D eigenvalue weighted by Crippen LogP contribution is -2.36. The van der Waals surface area contributed by atoms with Gasteiger partial charge in [0, 0.05) is 26.4 Å². The molecule has 0 spiro atoms. The predicted molar refractivity (Wildman–Crippen MR) is 150 cm³/mol. The Labute approximate surface area is 232 Å². The summed E-state index contributed by atoms with van der Waals surface area (Å²) < 4.78 is 34.1. The van der Waals surface area contributed by atoms with Gasteiger partial charge in [0.05, 0.1) is 27.2 Å². The molecular weight excluding hydrogens is 505 g/mol. The van der Waals surface area contributed by atoms with E-state index in [2.05, 4.69) is 6.92 Å². The van der Waals surface area contributed by atoms with Gasteiger partial charge in [-0.2, -0.15) is 0 Å². The minimum absolute atomic E-state index is 0.0736. The first-order valence-electron chi connectivity index (χ1n) is 15.0. The molecule has 8 nitrogen and oxygen atoms in total. The van der Waals surface area contributed by atoms with E-state index >= 15 is 0 Å². The molecule has 0 aliphatic carbocycles. The van der Waals surface area contributed by atoms with Crippen molar-refractivity contribution in [1.29, 1.82) is 0 Å². The molecule has 1 fully saturated rings. The number of esters is 1. The number of phosphoric ester groups is 1. The molecule has 1 heterocycles. The number of rotatable bonds is 23. The highest BCUT2D eigenvalue weighted by Crippen LogP contribution is 2.42. The topological polar surface area (TPSA) is 94.1 Å². The fraction of sp³-hybridized carbons (Fsp3) is 0.897. The maximum atomic E-state index is 12.4. The number of carbonyl (C=O) groups is 1. The first kappa shape index (κ1) is 35.1. The zero-order valence-electron chi connectivity index (χ0n) is 24.9. The third kappa shape index (κ3) is 16.9. The number of hydrogen-bond donors (Lipinski definition) is 0. The van der Waals surface area contributed by atoms with Crippen molar-refractivity contribution < 1.29 is 37.3 Å². The molecule has 1 aliphatic rings. The Bertz CT molecular complexity index is 713. The van der Waals surface area contributed by atoms with E-state index in [-0.39, 0.29) is 6.61 Å². The Hall–Kier alpha value is -0.920. The number of likely N-dealkylation sites (tertiary alicyclic amines) is 1. The summed E-state index contributed by atoms with van der Waals surface area (Å²) in [5, 5.41) is 0. The van der Waals surface area contributed by atoms with Crippen LogP contribution in [0, 0.1) is 0 Å². The molecule has 0 bridgehead atoms. The van der Waals surface area contributed by atoms with Crippen LogP contribution in [-0.4, -0.2) is 56.5 Å². The molecule has 0 aromatic carbocycles. The lowest BCUT2D eigenvalue weighted by Gasteiger charge is -2.30. The highest BCUT2D eigenvalue weighted by molar-refractivity contribution is 7.46. The lowest BCUT2D eigenvalue weighted by atomic mass is 10.0. The molecule has 3 unspecified atom stereocenters. The number of allylic oxidation sites excluding steroid dienone is 1. The number of ether oxygens (including phenoxy) is 2. The van der Waals surface area contributed by atoms with Crippen molar-refractivity contribution in [1.82, 2.24) is 0 Å². The van der Waals surface area contributed by atoms with Crippen molar-refractivity contribution >= 4 is 13.8 Å². The quantitative estimate of drug-likeness (QED) is 0.0435. The Morgan fingerprint density at radius 2 is 1.50 bits per heavy atom. The molecule has 0 saturated carbocycles. The second kappa shape index (κ2) is 20.0. The van der Waals surface area contributed by atoms with E-state index in [0.717, 1.165) is 37.9 Å². The summed E-state index contributed by atoms with van der Waals surface area (Å²) in [6.07, 6.45) is 19.3. The number of unbranched alkanes of at least 4 members (excludes halogenated alkanes) is 13. The van der Waals surface area contributed by atoms with Crippen molar-refractivity contribution in [3.8, 4) is 0 Å².